The van der Waals surface area contributed by atoms with Crippen LogP contribution in [-0.4, -0.2) is 11.7 Å². The number of amides is 1. The van der Waals surface area contributed by atoms with Crippen molar-refractivity contribution in [3.63, 3.8) is 0 Å². The minimum absolute atomic E-state index is 0.109. The van der Waals surface area contributed by atoms with Gasteiger partial charge in [-0.05, 0) is 37.0 Å². The van der Waals surface area contributed by atoms with E-state index in [1.165, 1.54) is 22.3 Å². The topological polar surface area (TPSA) is 29.1 Å². The highest BCUT2D eigenvalue weighted by Gasteiger charge is 2.14. The second kappa shape index (κ2) is 9.53. The first kappa shape index (κ1) is 18.6. The lowest BCUT2D eigenvalue weighted by Gasteiger charge is -2.20. The Hall–Kier alpha value is -1.74. The van der Waals surface area contributed by atoms with E-state index in [1.54, 1.807) is 0 Å². The molecule has 1 atom stereocenters. The summed E-state index contributed by atoms with van der Waals surface area (Å²) in [6.07, 6.45) is 1.48. The maximum atomic E-state index is 12.3. The summed E-state index contributed by atoms with van der Waals surface area (Å²) in [5, 5.41) is 3.19. The number of nitrogens with one attached hydrogen (secondary N) is 1. The molecule has 0 aliphatic carbocycles. The number of aryl methyl sites for hydroxylation is 2. The van der Waals surface area contributed by atoms with Crippen LogP contribution in [0.2, 0.25) is 0 Å². The third kappa shape index (κ3) is 5.72. The molecule has 0 unspecified atom stereocenters. The average Bonchev–Trinajstić information content (AvgIpc) is 2.58. The van der Waals surface area contributed by atoms with Crippen LogP contribution in [0.15, 0.2) is 48.5 Å². The molecule has 128 valence electrons. The summed E-state index contributed by atoms with van der Waals surface area (Å²) < 4.78 is 0. The van der Waals surface area contributed by atoms with Gasteiger partial charge in [0.25, 0.3) is 0 Å². The van der Waals surface area contributed by atoms with Crippen LogP contribution in [0.25, 0.3) is 0 Å². The van der Waals surface area contributed by atoms with E-state index in [0.717, 1.165) is 17.9 Å². The zero-order chi connectivity index (χ0) is 17.4. The second-order valence-electron chi connectivity index (χ2n) is 6.18. The molecule has 2 aromatic carbocycles. The first-order valence-electron chi connectivity index (χ1n) is 8.58. The summed E-state index contributed by atoms with van der Waals surface area (Å²) in [7, 11) is 0. The van der Waals surface area contributed by atoms with Crippen molar-refractivity contribution >= 4 is 17.7 Å². The highest BCUT2D eigenvalue weighted by molar-refractivity contribution is 7.98. The van der Waals surface area contributed by atoms with E-state index in [4.69, 9.17) is 0 Å². The minimum Gasteiger partial charge on any atom is -0.349 e. The molecule has 0 fully saturated rings. The molecule has 0 bridgehead atoms. The molecular weight excluding hydrogens is 314 g/mol. The van der Waals surface area contributed by atoms with Crippen LogP contribution in [0.1, 0.15) is 48.1 Å². The van der Waals surface area contributed by atoms with Crippen LogP contribution < -0.4 is 5.32 Å². The summed E-state index contributed by atoms with van der Waals surface area (Å²) in [5.41, 5.74) is 5.05. The van der Waals surface area contributed by atoms with Crippen LogP contribution in [0, 0.1) is 13.8 Å². The molecule has 1 N–H and O–H groups in total. The van der Waals surface area contributed by atoms with E-state index in [0.29, 0.717) is 6.42 Å². The van der Waals surface area contributed by atoms with Crippen LogP contribution in [0.3, 0.4) is 0 Å². The summed E-state index contributed by atoms with van der Waals surface area (Å²) in [6, 6.07) is 16.9. The number of hydrogen-bond donors (Lipinski definition) is 1. The largest absolute Gasteiger partial charge is 0.349 e. The van der Waals surface area contributed by atoms with Crippen LogP contribution in [0.5, 0.6) is 0 Å². The molecule has 0 aliphatic rings. The molecule has 1 amide bonds. The Labute approximate surface area is 150 Å². The summed E-state index contributed by atoms with van der Waals surface area (Å²) in [5.74, 6) is 1.95. The molecule has 0 aliphatic heterocycles. The van der Waals surface area contributed by atoms with Gasteiger partial charge < -0.3 is 5.32 Å². The number of benzene rings is 2. The van der Waals surface area contributed by atoms with E-state index in [-0.39, 0.29) is 11.9 Å². The van der Waals surface area contributed by atoms with Crippen molar-refractivity contribution in [2.24, 2.45) is 0 Å². The van der Waals surface area contributed by atoms with Crippen molar-refractivity contribution in [3.05, 3.63) is 70.8 Å². The number of thioether (sulfide) groups is 1. The van der Waals surface area contributed by atoms with Gasteiger partial charge in [-0.2, -0.15) is 11.8 Å². The van der Waals surface area contributed by atoms with Gasteiger partial charge in [0.1, 0.15) is 0 Å². The molecule has 0 radical (unpaired) electrons. The maximum Gasteiger partial charge on any atom is 0.221 e. The van der Waals surface area contributed by atoms with Gasteiger partial charge in [-0.1, -0.05) is 61.0 Å². The van der Waals surface area contributed by atoms with E-state index >= 15 is 0 Å². The fourth-order valence-electron chi connectivity index (χ4n) is 2.81. The van der Waals surface area contributed by atoms with Crippen molar-refractivity contribution in [2.45, 2.75) is 45.4 Å². The van der Waals surface area contributed by atoms with Gasteiger partial charge in [0.15, 0.2) is 0 Å². The number of carbonyl (C=O) groups excluding carboxylic acids is 1. The lowest BCUT2D eigenvalue weighted by atomic mass is 9.97. The predicted octanol–water partition coefficient (Wildman–Crippen LogP) is 5.19. The Bertz CT molecular complexity index is 654. The zero-order valence-electron chi connectivity index (χ0n) is 14.8. The molecule has 24 heavy (non-hydrogen) atoms. The van der Waals surface area contributed by atoms with Crippen molar-refractivity contribution in [2.75, 3.05) is 5.75 Å². The summed E-state index contributed by atoms with van der Waals surface area (Å²) in [6.45, 7) is 6.33. The van der Waals surface area contributed by atoms with E-state index in [1.807, 2.05) is 17.8 Å². The minimum atomic E-state index is 0.109. The van der Waals surface area contributed by atoms with E-state index in [9.17, 15) is 4.79 Å². The van der Waals surface area contributed by atoms with Crippen LogP contribution in [0.4, 0.5) is 0 Å². The average molecular weight is 342 g/mol. The zero-order valence-corrected chi connectivity index (χ0v) is 15.7. The van der Waals surface area contributed by atoms with Crippen molar-refractivity contribution < 1.29 is 4.79 Å². The first-order chi connectivity index (χ1) is 11.6. The van der Waals surface area contributed by atoms with Gasteiger partial charge in [0.2, 0.25) is 5.91 Å². The second-order valence-corrected chi connectivity index (χ2v) is 7.28. The SMILES string of the molecule is CC[C@@H](NC(=O)CCSCc1ccccc1)c1ccc(C)cc1C. The maximum absolute atomic E-state index is 12.3. The third-order valence-electron chi connectivity index (χ3n) is 4.13. The van der Waals surface area contributed by atoms with Crippen LogP contribution in [-0.2, 0) is 10.5 Å². The Balaban J connectivity index is 1.79. The molecule has 0 heterocycles. The molecule has 2 aromatic rings. The third-order valence-corrected chi connectivity index (χ3v) is 5.16. The van der Waals surface area contributed by atoms with Gasteiger partial charge in [-0.15, -0.1) is 0 Å². The molecule has 0 spiro atoms. The number of carbonyl (C=O) groups is 1. The Kier molecular flexibility index (Phi) is 7.38. The molecule has 3 heteroatoms. The predicted molar refractivity (Wildman–Crippen MR) is 104 cm³/mol. The Morgan fingerprint density at radius 3 is 2.54 bits per heavy atom. The van der Waals surface area contributed by atoms with Crippen molar-refractivity contribution in [3.8, 4) is 0 Å². The monoisotopic (exact) mass is 341 g/mol. The van der Waals surface area contributed by atoms with Gasteiger partial charge in [-0.25, -0.2) is 0 Å². The molecule has 0 saturated carbocycles. The number of hydrogen-bond acceptors (Lipinski definition) is 2. The molecule has 0 saturated heterocycles. The quantitative estimate of drug-likeness (QED) is 0.669. The molecule has 0 aromatic heterocycles. The van der Waals surface area contributed by atoms with Gasteiger partial charge in [0.05, 0.1) is 6.04 Å². The van der Waals surface area contributed by atoms with Gasteiger partial charge in [-0.3, -0.25) is 4.79 Å². The smallest absolute Gasteiger partial charge is 0.221 e. The fraction of sp³-hybridized carbons (Fsp3) is 0.381. The van der Waals surface area contributed by atoms with Crippen molar-refractivity contribution in [1.82, 2.24) is 5.32 Å². The van der Waals surface area contributed by atoms with Crippen molar-refractivity contribution in [1.29, 1.82) is 0 Å². The highest BCUT2D eigenvalue weighted by atomic mass is 32.2. The summed E-state index contributed by atoms with van der Waals surface area (Å²) >= 11 is 1.81. The van der Waals surface area contributed by atoms with E-state index in [2.05, 4.69) is 68.6 Å². The normalized spacial score (nSPS) is 12.0. The summed E-state index contributed by atoms with van der Waals surface area (Å²) in [4.78, 5) is 12.3. The molecule has 2 nitrogen and oxygen atoms in total. The first-order valence-corrected chi connectivity index (χ1v) is 9.73. The van der Waals surface area contributed by atoms with Gasteiger partial charge >= 0.3 is 0 Å². The lowest BCUT2D eigenvalue weighted by molar-refractivity contribution is -0.121. The Morgan fingerprint density at radius 2 is 1.88 bits per heavy atom. The lowest BCUT2D eigenvalue weighted by Crippen LogP contribution is -2.28. The van der Waals surface area contributed by atoms with Crippen LogP contribution >= 0.6 is 11.8 Å². The molecular formula is C21H27NOS. The Morgan fingerprint density at radius 1 is 1.12 bits per heavy atom. The van der Waals surface area contributed by atoms with Gasteiger partial charge in [0, 0.05) is 17.9 Å². The molecule has 2 rings (SSSR count). The number of rotatable bonds is 8. The fourth-order valence-corrected chi connectivity index (χ4v) is 3.71. The standard InChI is InChI=1S/C21H27NOS/c1-4-20(19-11-10-16(2)14-17(19)3)22-21(23)12-13-24-15-18-8-6-5-7-9-18/h5-11,14,20H,4,12-13,15H2,1-3H3,(H,22,23)/t20-/m1/s1. The highest BCUT2D eigenvalue weighted by Crippen LogP contribution is 2.22. The van der Waals surface area contributed by atoms with E-state index < -0.39 is 0 Å².